The largest absolute Gasteiger partial charge is 0.544 e. The van der Waals surface area contributed by atoms with Crippen LogP contribution in [0.5, 0.6) is 0 Å². The number of benzene rings is 1. The summed E-state index contributed by atoms with van der Waals surface area (Å²) in [6.45, 7) is 0. The maximum atomic E-state index is 12.0. The zero-order valence-corrected chi connectivity index (χ0v) is 9.99. The number of thioether (sulfide) groups is 1. The molecule has 0 aliphatic carbocycles. The average Bonchev–Trinajstić information content (AvgIpc) is 2.57. The lowest BCUT2D eigenvalue weighted by atomic mass is 10.2. The second-order valence-corrected chi connectivity index (χ2v) is 4.42. The summed E-state index contributed by atoms with van der Waals surface area (Å²) in [4.78, 5) is 26.1. The van der Waals surface area contributed by atoms with Crippen molar-refractivity contribution in [2.24, 2.45) is 0 Å². The van der Waals surface area contributed by atoms with E-state index >= 15 is 0 Å². The van der Waals surface area contributed by atoms with E-state index in [2.05, 4.69) is 4.84 Å². The molecule has 0 unspecified atom stereocenters. The van der Waals surface area contributed by atoms with Crippen molar-refractivity contribution >= 4 is 29.0 Å². The first-order chi connectivity index (χ1) is 8.87. The summed E-state index contributed by atoms with van der Waals surface area (Å²) in [5.41, 5.74) is 0.597. The van der Waals surface area contributed by atoms with Crippen molar-refractivity contribution in [2.75, 3.05) is 0 Å². The van der Waals surface area contributed by atoms with Gasteiger partial charge in [0, 0.05) is 0 Å². The van der Waals surface area contributed by atoms with Gasteiger partial charge in [0.2, 0.25) is 0 Å². The van der Waals surface area contributed by atoms with Gasteiger partial charge in [-0.25, -0.2) is 0 Å². The summed E-state index contributed by atoms with van der Waals surface area (Å²) in [5, 5.41) is -1.41. The van der Waals surface area contributed by atoms with Crippen molar-refractivity contribution in [3.63, 3.8) is 0 Å². The average molecular weight is 289 g/mol. The van der Waals surface area contributed by atoms with Crippen LogP contribution in [-0.4, -0.2) is 22.6 Å². The third-order valence-electron chi connectivity index (χ3n) is 2.05. The van der Waals surface area contributed by atoms with Gasteiger partial charge in [-0.1, -0.05) is 30.3 Å². The van der Waals surface area contributed by atoms with E-state index in [9.17, 15) is 22.8 Å². The van der Waals surface area contributed by atoms with E-state index in [4.69, 9.17) is 0 Å². The topological polar surface area (TPSA) is 46.6 Å². The highest BCUT2D eigenvalue weighted by atomic mass is 32.2. The highest BCUT2D eigenvalue weighted by Gasteiger charge is 2.44. The van der Waals surface area contributed by atoms with Gasteiger partial charge in [-0.05, 0) is 23.4 Å². The number of amides is 2. The quantitative estimate of drug-likeness (QED) is 0.784. The third-order valence-corrected chi connectivity index (χ3v) is 2.90. The molecule has 1 saturated heterocycles. The minimum Gasteiger partial charge on any atom is -0.266 e. The minimum absolute atomic E-state index is 0.125. The molecule has 0 atom stereocenters. The molecule has 0 bridgehead atoms. The number of hydrogen-bond acceptors (Lipinski definition) is 4. The van der Waals surface area contributed by atoms with Gasteiger partial charge in [0.25, 0.3) is 5.91 Å². The summed E-state index contributed by atoms with van der Waals surface area (Å²) in [5.74, 6) is -1.13. The first-order valence-corrected chi connectivity index (χ1v) is 5.77. The maximum Gasteiger partial charge on any atom is 0.544 e. The number of carbonyl (C=O) groups is 2. The van der Waals surface area contributed by atoms with Crippen molar-refractivity contribution in [1.29, 1.82) is 0 Å². The molecular weight excluding hydrogens is 283 g/mol. The molecule has 1 aromatic rings. The molecule has 1 aromatic carbocycles. The Kier molecular flexibility index (Phi) is 3.63. The lowest BCUT2D eigenvalue weighted by Crippen LogP contribution is -2.34. The van der Waals surface area contributed by atoms with Gasteiger partial charge in [0.15, 0.2) is 0 Å². The van der Waals surface area contributed by atoms with Gasteiger partial charge in [-0.2, -0.15) is 4.84 Å². The van der Waals surface area contributed by atoms with Crippen LogP contribution in [0.15, 0.2) is 35.2 Å². The Morgan fingerprint density at radius 2 is 1.79 bits per heavy atom. The molecule has 8 heteroatoms. The number of nitrogens with zero attached hydrogens (tertiary/aromatic N) is 1. The predicted octanol–water partition coefficient (Wildman–Crippen LogP) is 3.17. The highest BCUT2D eigenvalue weighted by Crippen LogP contribution is 2.34. The van der Waals surface area contributed by atoms with Gasteiger partial charge < -0.3 is 0 Å². The van der Waals surface area contributed by atoms with Gasteiger partial charge in [0.05, 0.1) is 4.91 Å². The molecule has 0 radical (unpaired) electrons. The monoisotopic (exact) mass is 289 g/mol. The Hall–Kier alpha value is -1.80. The van der Waals surface area contributed by atoms with Crippen LogP contribution in [0, 0.1) is 0 Å². The van der Waals surface area contributed by atoms with Crippen molar-refractivity contribution in [3.8, 4) is 0 Å². The molecule has 1 fully saturated rings. The van der Waals surface area contributed by atoms with E-state index in [1.165, 1.54) is 6.08 Å². The molecule has 1 heterocycles. The van der Waals surface area contributed by atoms with E-state index in [0.717, 1.165) is 0 Å². The standard InChI is InChI=1S/C11H6F3NO3S/c12-11(13,14)18-15-9(16)8(19-10(15)17)6-7-4-2-1-3-5-7/h1-6H. The van der Waals surface area contributed by atoms with Crippen LogP contribution in [0.1, 0.15) is 5.56 Å². The van der Waals surface area contributed by atoms with E-state index < -0.39 is 17.5 Å². The summed E-state index contributed by atoms with van der Waals surface area (Å²) in [7, 11) is 0. The van der Waals surface area contributed by atoms with Gasteiger partial charge in [-0.15, -0.1) is 18.2 Å². The Labute approximate surface area is 109 Å². The number of rotatable bonds is 2. The molecule has 1 aliphatic rings. The van der Waals surface area contributed by atoms with E-state index in [1.807, 2.05) is 0 Å². The van der Waals surface area contributed by atoms with Crippen LogP contribution in [0.25, 0.3) is 6.08 Å². The van der Waals surface area contributed by atoms with Crippen LogP contribution in [0.2, 0.25) is 0 Å². The molecule has 1 aliphatic heterocycles. The summed E-state index contributed by atoms with van der Waals surface area (Å²) in [6.07, 6.45) is -3.77. The first-order valence-electron chi connectivity index (χ1n) is 4.96. The van der Waals surface area contributed by atoms with E-state index in [1.54, 1.807) is 30.3 Å². The lowest BCUT2D eigenvalue weighted by Gasteiger charge is -2.13. The Bertz CT molecular complexity index is 542. The molecule has 0 spiro atoms. The van der Waals surface area contributed by atoms with Crippen molar-refractivity contribution < 1.29 is 27.6 Å². The molecule has 0 N–H and O–H groups in total. The Morgan fingerprint density at radius 3 is 2.37 bits per heavy atom. The Balaban J connectivity index is 2.21. The van der Waals surface area contributed by atoms with Gasteiger partial charge in [0.1, 0.15) is 0 Å². The smallest absolute Gasteiger partial charge is 0.266 e. The molecule has 2 amide bonds. The zero-order chi connectivity index (χ0) is 14.0. The number of carbonyl (C=O) groups excluding carboxylic acids is 2. The molecule has 19 heavy (non-hydrogen) atoms. The number of halogens is 3. The normalized spacial score (nSPS) is 18.5. The molecule has 0 aromatic heterocycles. The van der Waals surface area contributed by atoms with E-state index in [-0.39, 0.29) is 9.97 Å². The second-order valence-electron chi connectivity index (χ2n) is 3.42. The molecule has 2 rings (SSSR count). The van der Waals surface area contributed by atoms with Crippen molar-refractivity contribution in [3.05, 3.63) is 40.8 Å². The maximum absolute atomic E-state index is 12.0. The fourth-order valence-corrected chi connectivity index (χ4v) is 2.09. The zero-order valence-electron chi connectivity index (χ0n) is 9.18. The minimum atomic E-state index is -5.09. The second kappa shape index (κ2) is 5.06. The number of imide groups is 1. The van der Waals surface area contributed by atoms with Crippen molar-refractivity contribution in [1.82, 2.24) is 5.06 Å². The number of hydrogen-bond donors (Lipinski definition) is 0. The fourth-order valence-electron chi connectivity index (χ4n) is 1.34. The van der Waals surface area contributed by atoms with Gasteiger partial charge >= 0.3 is 11.6 Å². The summed E-state index contributed by atoms with van der Waals surface area (Å²) < 4.78 is 36.0. The Morgan fingerprint density at radius 1 is 1.16 bits per heavy atom. The molecular formula is C11H6F3NO3S. The predicted molar refractivity (Wildman–Crippen MR) is 61.4 cm³/mol. The SMILES string of the molecule is O=C1SC(=Cc2ccccc2)C(=O)N1OC(F)(F)F. The first kappa shape index (κ1) is 13.6. The molecule has 4 nitrogen and oxygen atoms in total. The van der Waals surface area contributed by atoms with Gasteiger partial charge in [-0.3, -0.25) is 9.59 Å². The molecule has 0 saturated carbocycles. The summed E-state index contributed by atoms with van der Waals surface area (Å²) >= 11 is 0.391. The van der Waals surface area contributed by atoms with Crippen LogP contribution >= 0.6 is 11.8 Å². The summed E-state index contributed by atoms with van der Waals surface area (Å²) in [6, 6.07) is 8.44. The van der Waals surface area contributed by atoms with Crippen molar-refractivity contribution in [2.45, 2.75) is 6.36 Å². The van der Waals surface area contributed by atoms with Crippen LogP contribution in [0.4, 0.5) is 18.0 Å². The number of hydroxylamine groups is 2. The highest BCUT2D eigenvalue weighted by molar-refractivity contribution is 8.18. The van der Waals surface area contributed by atoms with Crippen LogP contribution < -0.4 is 0 Å². The lowest BCUT2D eigenvalue weighted by molar-refractivity contribution is -0.385. The van der Waals surface area contributed by atoms with E-state index in [0.29, 0.717) is 17.3 Å². The number of alkyl halides is 3. The fraction of sp³-hybridized carbons (Fsp3) is 0.0909. The van der Waals surface area contributed by atoms with Crippen LogP contribution in [-0.2, 0) is 9.63 Å². The third kappa shape index (κ3) is 3.36. The molecule has 100 valence electrons. The van der Waals surface area contributed by atoms with Crippen LogP contribution in [0.3, 0.4) is 0 Å².